The van der Waals surface area contributed by atoms with E-state index in [-0.39, 0.29) is 18.8 Å². The molecule has 2 atom stereocenters. The number of oxime groups is 1. The van der Waals surface area contributed by atoms with Crippen molar-refractivity contribution in [1.29, 1.82) is 0 Å². The first kappa shape index (κ1) is 17.2. The largest absolute Gasteiger partial charge is 0.493 e. The highest BCUT2D eigenvalue weighted by atomic mass is 16.7. The molecule has 1 aromatic carbocycles. The van der Waals surface area contributed by atoms with Crippen LogP contribution in [0.4, 0.5) is 0 Å². The molecule has 142 valence electrons. The van der Waals surface area contributed by atoms with Crippen molar-refractivity contribution in [2.24, 2.45) is 11.1 Å². The molecule has 0 amide bonds. The Labute approximate surface area is 152 Å². The molecule has 0 spiro atoms. The fourth-order valence-corrected chi connectivity index (χ4v) is 3.57. The van der Waals surface area contributed by atoms with Crippen molar-refractivity contribution in [3.63, 3.8) is 0 Å². The van der Waals surface area contributed by atoms with Gasteiger partial charge in [0, 0.05) is 31.1 Å². The van der Waals surface area contributed by atoms with E-state index in [0.717, 1.165) is 44.1 Å². The number of ether oxygens (including phenoxy) is 5. The molecule has 4 rings (SSSR count). The molecule has 0 unspecified atom stereocenters. The maximum Gasteiger partial charge on any atom is 0.231 e. The second-order valence-electron chi connectivity index (χ2n) is 6.55. The van der Waals surface area contributed by atoms with Gasteiger partial charge in [-0.1, -0.05) is 12.1 Å². The zero-order valence-electron chi connectivity index (χ0n) is 15.3. The Kier molecular flexibility index (Phi) is 4.78. The summed E-state index contributed by atoms with van der Waals surface area (Å²) in [5.74, 6) is 2.44. The molecule has 26 heavy (non-hydrogen) atoms. The molecule has 0 aromatic heterocycles. The van der Waals surface area contributed by atoms with Gasteiger partial charge in [0.2, 0.25) is 18.3 Å². The number of nitrogens with zero attached hydrogens (tertiary/aromatic N) is 2. The third kappa shape index (κ3) is 2.93. The highest BCUT2D eigenvalue weighted by Gasteiger charge is 2.38. The molecule has 0 aliphatic carbocycles. The summed E-state index contributed by atoms with van der Waals surface area (Å²) in [7, 11) is 3.22. The van der Waals surface area contributed by atoms with Gasteiger partial charge in [-0.2, -0.15) is 0 Å². The molecule has 8 heteroatoms. The van der Waals surface area contributed by atoms with E-state index in [1.165, 1.54) is 0 Å². The van der Waals surface area contributed by atoms with Crippen molar-refractivity contribution in [3.05, 3.63) is 11.6 Å². The Morgan fingerprint density at radius 3 is 2.65 bits per heavy atom. The molecule has 1 fully saturated rings. The first-order valence-corrected chi connectivity index (χ1v) is 8.80. The second-order valence-corrected chi connectivity index (χ2v) is 6.55. The van der Waals surface area contributed by atoms with E-state index in [0.29, 0.717) is 23.0 Å². The second kappa shape index (κ2) is 7.20. The van der Waals surface area contributed by atoms with Gasteiger partial charge < -0.3 is 28.5 Å². The summed E-state index contributed by atoms with van der Waals surface area (Å²) >= 11 is 0. The predicted octanol–water partition coefficient (Wildman–Crippen LogP) is 1.83. The molecule has 1 saturated heterocycles. The van der Waals surface area contributed by atoms with E-state index < -0.39 is 0 Å². The lowest BCUT2D eigenvalue weighted by Gasteiger charge is -2.27. The van der Waals surface area contributed by atoms with Gasteiger partial charge in [0.15, 0.2) is 17.6 Å². The van der Waals surface area contributed by atoms with E-state index in [4.69, 9.17) is 28.5 Å². The van der Waals surface area contributed by atoms with E-state index in [2.05, 4.69) is 17.0 Å². The standard InChI is InChI=1S/C18H24N2O6/c1-11-13(9-20-4-6-23-7-5-20)19-26-15(11)12-8-14(21-2)17-18(16(12)22-3)25-10-24-17/h8,11,15H,4-7,9-10H2,1-3H3/t11-,15+/m1/s1. The molecule has 0 N–H and O–H groups in total. The van der Waals surface area contributed by atoms with Gasteiger partial charge in [-0.05, 0) is 6.07 Å². The molecule has 0 radical (unpaired) electrons. The van der Waals surface area contributed by atoms with Crippen LogP contribution >= 0.6 is 0 Å². The van der Waals surface area contributed by atoms with Crippen molar-refractivity contribution in [2.75, 3.05) is 53.9 Å². The summed E-state index contributed by atoms with van der Waals surface area (Å²) in [4.78, 5) is 8.14. The Morgan fingerprint density at radius 2 is 1.92 bits per heavy atom. The highest BCUT2D eigenvalue weighted by Crippen LogP contribution is 2.53. The SMILES string of the molecule is COc1cc([C@H]2ON=C(CN3CCOCC3)[C@H]2C)c(OC)c2c1OCO2. The minimum absolute atomic E-state index is 0.108. The predicted molar refractivity (Wildman–Crippen MR) is 93.4 cm³/mol. The van der Waals surface area contributed by atoms with Crippen LogP contribution in [0.1, 0.15) is 18.6 Å². The number of hydrogen-bond acceptors (Lipinski definition) is 8. The summed E-state index contributed by atoms with van der Waals surface area (Å²) in [5, 5.41) is 4.36. The van der Waals surface area contributed by atoms with Crippen LogP contribution < -0.4 is 18.9 Å². The fraction of sp³-hybridized carbons (Fsp3) is 0.611. The molecule has 3 heterocycles. The Hall–Kier alpha value is -2.19. The molecule has 0 saturated carbocycles. The average Bonchev–Trinajstić information content (AvgIpc) is 3.29. The van der Waals surface area contributed by atoms with Crippen LogP contribution in [0.3, 0.4) is 0 Å². The third-order valence-corrected chi connectivity index (χ3v) is 5.07. The first-order valence-electron chi connectivity index (χ1n) is 8.80. The van der Waals surface area contributed by atoms with Gasteiger partial charge in [-0.15, -0.1) is 0 Å². The van der Waals surface area contributed by atoms with Gasteiger partial charge in [0.05, 0.1) is 33.1 Å². The zero-order valence-corrected chi connectivity index (χ0v) is 15.3. The van der Waals surface area contributed by atoms with Crippen LogP contribution in [-0.2, 0) is 9.57 Å². The number of rotatable bonds is 5. The smallest absolute Gasteiger partial charge is 0.231 e. The van der Waals surface area contributed by atoms with Gasteiger partial charge in [0.25, 0.3) is 0 Å². The Morgan fingerprint density at radius 1 is 1.15 bits per heavy atom. The van der Waals surface area contributed by atoms with Gasteiger partial charge in [0.1, 0.15) is 0 Å². The maximum absolute atomic E-state index is 5.81. The summed E-state index contributed by atoms with van der Waals surface area (Å²) in [5.41, 5.74) is 1.87. The average molecular weight is 364 g/mol. The molecular weight excluding hydrogens is 340 g/mol. The van der Waals surface area contributed by atoms with Crippen molar-refractivity contribution < 1.29 is 28.5 Å². The lowest BCUT2D eigenvalue weighted by molar-refractivity contribution is 0.0449. The van der Waals surface area contributed by atoms with Crippen LogP contribution in [0.2, 0.25) is 0 Å². The maximum atomic E-state index is 5.81. The normalized spacial score (nSPS) is 25.0. The van der Waals surface area contributed by atoms with Crippen LogP contribution in [0.5, 0.6) is 23.0 Å². The summed E-state index contributed by atoms with van der Waals surface area (Å²) in [6.45, 7) is 6.40. The van der Waals surface area contributed by atoms with E-state index in [1.807, 2.05) is 6.07 Å². The van der Waals surface area contributed by atoms with Gasteiger partial charge in [-0.3, -0.25) is 4.90 Å². The minimum Gasteiger partial charge on any atom is -0.493 e. The Balaban J connectivity index is 1.58. The minimum atomic E-state index is -0.260. The summed E-state index contributed by atoms with van der Waals surface area (Å²) in [6.07, 6.45) is -0.260. The molecule has 3 aliphatic heterocycles. The van der Waals surface area contributed by atoms with Gasteiger partial charge in [-0.25, -0.2) is 0 Å². The summed E-state index contributed by atoms with van der Waals surface area (Å²) < 4.78 is 27.6. The van der Waals surface area contributed by atoms with Crippen LogP contribution in [-0.4, -0.2) is 64.5 Å². The van der Waals surface area contributed by atoms with E-state index in [9.17, 15) is 0 Å². The number of fused-ring (bicyclic) bond motifs is 1. The lowest BCUT2D eigenvalue weighted by Crippen LogP contribution is -2.40. The molecule has 1 aromatic rings. The van der Waals surface area contributed by atoms with Crippen molar-refractivity contribution in [1.82, 2.24) is 4.90 Å². The van der Waals surface area contributed by atoms with Crippen LogP contribution in [0, 0.1) is 5.92 Å². The third-order valence-electron chi connectivity index (χ3n) is 5.07. The van der Waals surface area contributed by atoms with Gasteiger partial charge >= 0.3 is 0 Å². The number of benzene rings is 1. The molecule has 0 bridgehead atoms. The van der Waals surface area contributed by atoms with Crippen LogP contribution in [0.25, 0.3) is 0 Å². The number of morpholine rings is 1. The number of methoxy groups -OCH3 is 2. The number of hydrogen-bond donors (Lipinski definition) is 0. The summed E-state index contributed by atoms with van der Waals surface area (Å²) in [6, 6.07) is 1.89. The zero-order chi connectivity index (χ0) is 18.1. The van der Waals surface area contributed by atoms with Crippen molar-refractivity contribution >= 4 is 5.71 Å². The Bertz CT molecular complexity index is 701. The molecular formula is C18H24N2O6. The quantitative estimate of drug-likeness (QED) is 0.789. The molecule has 8 nitrogen and oxygen atoms in total. The lowest BCUT2D eigenvalue weighted by atomic mass is 9.92. The van der Waals surface area contributed by atoms with E-state index in [1.54, 1.807) is 14.2 Å². The molecule has 3 aliphatic rings. The fourth-order valence-electron chi connectivity index (χ4n) is 3.57. The topological polar surface area (TPSA) is 71.0 Å². The first-order chi connectivity index (χ1) is 12.7. The monoisotopic (exact) mass is 364 g/mol. The van der Waals surface area contributed by atoms with E-state index >= 15 is 0 Å². The van der Waals surface area contributed by atoms with Crippen molar-refractivity contribution in [3.8, 4) is 23.0 Å². The van der Waals surface area contributed by atoms with Crippen molar-refractivity contribution in [2.45, 2.75) is 13.0 Å². The van der Waals surface area contributed by atoms with Crippen LogP contribution in [0.15, 0.2) is 11.2 Å². The highest BCUT2D eigenvalue weighted by molar-refractivity contribution is 5.90.